The quantitative estimate of drug-likeness (QED) is 0.939. The summed E-state index contributed by atoms with van der Waals surface area (Å²) in [5.41, 5.74) is 3.71. The van der Waals surface area contributed by atoms with Crippen molar-refractivity contribution in [2.75, 3.05) is 7.05 Å². The molecule has 2 aromatic rings. The average molecular weight is 294 g/mol. The number of aromatic nitrogens is 2. The predicted molar refractivity (Wildman–Crippen MR) is 73.0 cm³/mol. The first-order valence-electron chi connectivity index (χ1n) is 5.60. The maximum Gasteiger partial charge on any atom is 0.0670 e. The van der Waals surface area contributed by atoms with E-state index in [2.05, 4.69) is 51.5 Å². The average Bonchev–Trinajstić information content (AvgIpc) is 2.69. The third-order valence-electron chi connectivity index (χ3n) is 2.59. The van der Waals surface area contributed by atoms with Gasteiger partial charge in [-0.25, -0.2) is 0 Å². The maximum absolute atomic E-state index is 4.29. The number of halogens is 1. The van der Waals surface area contributed by atoms with Crippen LogP contribution in [0, 0.1) is 6.92 Å². The molecule has 17 heavy (non-hydrogen) atoms. The molecule has 0 bridgehead atoms. The van der Waals surface area contributed by atoms with Crippen molar-refractivity contribution >= 4 is 15.9 Å². The highest BCUT2D eigenvalue weighted by Gasteiger charge is 2.03. The molecule has 0 aliphatic carbocycles. The molecule has 0 spiro atoms. The monoisotopic (exact) mass is 293 g/mol. The molecule has 4 heteroatoms. The van der Waals surface area contributed by atoms with Crippen LogP contribution in [0.2, 0.25) is 0 Å². The van der Waals surface area contributed by atoms with Crippen molar-refractivity contribution < 1.29 is 0 Å². The molecule has 0 amide bonds. The lowest BCUT2D eigenvalue weighted by atomic mass is 10.1. The summed E-state index contributed by atoms with van der Waals surface area (Å²) in [6.07, 6.45) is 3.93. The summed E-state index contributed by atoms with van der Waals surface area (Å²) in [4.78, 5) is 0. The molecule has 1 N–H and O–H groups in total. The highest BCUT2D eigenvalue weighted by molar-refractivity contribution is 9.10. The maximum atomic E-state index is 4.29. The number of nitrogens with zero attached hydrogens (tertiary/aromatic N) is 2. The molecule has 90 valence electrons. The highest BCUT2D eigenvalue weighted by atomic mass is 79.9. The van der Waals surface area contributed by atoms with Crippen LogP contribution in [0.15, 0.2) is 35.1 Å². The Morgan fingerprint density at radius 1 is 1.41 bits per heavy atom. The number of nitrogens with one attached hydrogen (secondary N) is 1. The highest BCUT2D eigenvalue weighted by Crippen LogP contribution is 2.19. The van der Waals surface area contributed by atoms with Gasteiger partial charge in [-0.05, 0) is 36.7 Å². The molecule has 0 radical (unpaired) electrons. The van der Waals surface area contributed by atoms with E-state index in [1.54, 1.807) is 0 Å². The summed E-state index contributed by atoms with van der Waals surface area (Å²) >= 11 is 3.61. The minimum atomic E-state index is 0.800. The van der Waals surface area contributed by atoms with Crippen LogP contribution in [-0.2, 0) is 13.1 Å². The Morgan fingerprint density at radius 3 is 2.82 bits per heavy atom. The summed E-state index contributed by atoms with van der Waals surface area (Å²) in [6.45, 7) is 3.74. The normalized spacial score (nSPS) is 10.8. The number of benzene rings is 1. The second kappa shape index (κ2) is 5.47. The molecular formula is C13H16BrN3. The Labute approximate surface area is 110 Å². The molecule has 0 atom stereocenters. The molecule has 0 saturated heterocycles. The van der Waals surface area contributed by atoms with Crippen molar-refractivity contribution in [3.05, 3.63) is 51.8 Å². The first kappa shape index (κ1) is 12.3. The number of hydrogen-bond acceptors (Lipinski definition) is 2. The van der Waals surface area contributed by atoms with Gasteiger partial charge in [-0.3, -0.25) is 4.68 Å². The van der Waals surface area contributed by atoms with Crippen LogP contribution in [0.25, 0.3) is 0 Å². The smallest absolute Gasteiger partial charge is 0.0670 e. The fraction of sp³-hybridized carbons (Fsp3) is 0.308. The summed E-state index contributed by atoms with van der Waals surface area (Å²) in [5, 5.41) is 7.44. The molecule has 1 heterocycles. The van der Waals surface area contributed by atoms with Crippen LogP contribution < -0.4 is 5.32 Å². The Morgan fingerprint density at radius 2 is 2.24 bits per heavy atom. The van der Waals surface area contributed by atoms with Gasteiger partial charge in [0.2, 0.25) is 0 Å². The van der Waals surface area contributed by atoms with Gasteiger partial charge in [0.25, 0.3) is 0 Å². The van der Waals surface area contributed by atoms with E-state index in [1.807, 2.05) is 24.1 Å². The van der Waals surface area contributed by atoms with Crippen molar-refractivity contribution in [3.63, 3.8) is 0 Å². The SMILES string of the molecule is CNCc1ccc(Cn2cc(C)cn2)c(Br)c1. The zero-order valence-corrected chi connectivity index (χ0v) is 11.7. The zero-order valence-electron chi connectivity index (χ0n) is 10.1. The van der Waals surface area contributed by atoms with Gasteiger partial charge in [-0.1, -0.05) is 28.1 Å². The summed E-state index contributed by atoms with van der Waals surface area (Å²) in [6, 6.07) is 6.45. The van der Waals surface area contributed by atoms with Crippen molar-refractivity contribution in [2.24, 2.45) is 0 Å². The molecule has 0 aliphatic rings. The van der Waals surface area contributed by atoms with E-state index in [4.69, 9.17) is 0 Å². The fourth-order valence-electron chi connectivity index (χ4n) is 1.76. The number of hydrogen-bond donors (Lipinski definition) is 1. The third-order valence-corrected chi connectivity index (χ3v) is 3.33. The van der Waals surface area contributed by atoms with Gasteiger partial charge < -0.3 is 5.32 Å². The van der Waals surface area contributed by atoms with Gasteiger partial charge in [0, 0.05) is 17.2 Å². The first-order chi connectivity index (χ1) is 8.19. The second-order valence-corrected chi connectivity index (χ2v) is 5.03. The largest absolute Gasteiger partial charge is 0.316 e. The first-order valence-corrected chi connectivity index (χ1v) is 6.39. The van der Waals surface area contributed by atoms with Crippen molar-refractivity contribution in [1.29, 1.82) is 0 Å². The predicted octanol–water partition coefficient (Wildman–Crippen LogP) is 2.72. The molecule has 1 aromatic heterocycles. The minimum Gasteiger partial charge on any atom is -0.316 e. The lowest BCUT2D eigenvalue weighted by Gasteiger charge is -2.07. The molecule has 2 rings (SSSR count). The molecule has 0 fully saturated rings. The second-order valence-electron chi connectivity index (χ2n) is 4.17. The van der Waals surface area contributed by atoms with Crippen molar-refractivity contribution in [3.8, 4) is 0 Å². The van der Waals surface area contributed by atoms with E-state index in [0.29, 0.717) is 0 Å². The zero-order chi connectivity index (χ0) is 12.3. The van der Waals surface area contributed by atoms with Gasteiger partial charge in [-0.15, -0.1) is 0 Å². The number of rotatable bonds is 4. The number of aryl methyl sites for hydroxylation is 1. The summed E-state index contributed by atoms with van der Waals surface area (Å²) < 4.78 is 3.09. The van der Waals surface area contributed by atoms with Gasteiger partial charge in [0.1, 0.15) is 0 Å². The van der Waals surface area contributed by atoms with Gasteiger partial charge in [0.15, 0.2) is 0 Å². The topological polar surface area (TPSA) is 29.9 Å². The van der Waals surface area contributed by atoms with Gasteiger partial charge >= 0.3 is 0 Å². The lowest BCUT2D eigenvalue weighted by molar-refractivity contribution is 0.684. The van der Waals surface area contributed by atoms with E-state index in [-0.39, 0.29) is 0 Å². The minimum absolute atomic E-state index is 0.800. The van der Waals surface area contributed by atoms with E-state index >= 15 is 0 Å². The van der Waals surface area contributed by atoms with Crippen LogP contribution in [0.5, 0.6) is 0 Å². The lowest BCUT2D eigenvalue weighted by Crippen LogP contribution is -2.06. The van der Waals surface area contributed by atoms with Crippen molar-refractivity contribution in [2.45, 2.75) is 20.0 Å². The molecule has 1 aromatic carbocycles. The van der Waals surface area contributed by atoms with Crippen LogP contribution in [0.3, 0.4) is 0 Å². The molecule has 3 nitrogen and oxygen atoms in total. The van der Waals surface area contributed by atoms with Gasteiger partial charge in [0.05, 0.1) is 12.7 Å². The Hall–Kier alpha value is -1.13. The molecular weight excluding hydrogens is 278 g/mol. The van der Waals surface area contributed by atoms with Crippen LogP contribution in [0.4, 0.5) is 0 Å². The van der Waals surface area contributed by atoms with E-state index in [1.165, 1.54) is 16.7 Å². The summed E-state index contributed by atoms with van der Waals surface area (Å²) in [5.74, 6) is 0. The van der Waals surface area contributed by atoms with Gasteiger partial charge in [-0.2, -0.15) is 5.10 Å². The fourth-order valence-corrected chi connectivity index (χ4v) is 2.31. The third kappa shape index (κ3) is 3.17. The van der Waals surface area contributed by atoms with Crippen LogP contribution in [-0.4, -0.2) is 16.8 Å². The van der Waals surface area contributed by atoms with Crippen LogP contribution >= 0.6 is 15.9 Å². The van der Waals surface area contributed by atoms with Crippen molar-refractivity contribution in [1.82, 2.24) is 15.1 Å². The van der Waals surface area contributed by atoms with E-state index in [0.717, 1.165) is 17.6 Å². The Bertz CT molecular complexity index is 505. The molecule has 0 unspecified atom stereocenters. The molecule has 0 saturated carbocycles. The summed E-state index contributed by atoms with van der Waals surface area (Å²) in [7, 11) is 1.95. The van der Waals surface area contributed by atoms with Crippen LogP contribution in [0.1, 0.15) is 16.7 Å². The standard InChI is InChI=1S/C13H16BrN3/c1-10-6-16-17(8-10)9-12-4-3-11(7-15-2)5-13(12)14/h3-6,8,15H,7,9H2,1-2H3. The Balaban J connectivity index is 2.16. The molecule has 0 aliphatic heterocycles. The van der Waals surface area contributed by atoms with E-state index < -0.39 is 0 Å². The Kier molecular flexibility index (Phi) is 3.97. The van der Waals surface area contributed by atoms with E-state index in [9.17, 15) is 0 Å².